The predicted molar refractivity (Wildman–Crippen MR) is 38.3 cm³/mol. The maximum atomic E-state index is 10.6. The number of aliphatic carboxylic acids is 1. The summed E-state index contributed by atoms with van der Waals surface area (Å²) in [5, 5.41) is 15.8. The highest BCUT2D eigenvalue weighted by atomic mass is 35.5. The van der Waals surface area contributed by atoms with Crippen molar-refractivity contribution < 1.29 is 19.8 Å². The lowest BCUT2D eigenvalue weighted by molar-refractivity contribution is -0.131. The minimum atomic E-state index is -1.25. The van der Waals surface area contributed by atoms with E-state index >= 15 is 0 Å². The van der Waals surface area contributed by atoms with Gasteiger partial charge in [0.1, 0.15) is 11.3 Å². The normalized spacial score (nSPS) is 11.9. The molecule has 0 spiro atoms. The van der Waals surface area contributed by atoms with Crippen LogP contribution in [0.4, 0.5) is 0 Å². The first kappa shape index (κ1) is 9.71. The lowest BCUT2D eigenvalue weighted by Gasteiger charge is -1.85. The number of carboxylic acids is 1. The van der Waals surface area contributed by atoms with Gasteiger partial charge in [-0.25, -0.2) is 4.79 Å². The molecule has 0 fully saturated rings. The van der Waals surface area contributed by atoms with Crippen LogP contribution in [-0.4, -0.2) is 22.0 Å². The molecule has 4 nitrogen and oxygen atoms in total. The summed E-state index contributed by atoms with van der Waals surface area (Å²) in [5.41, 5.74) is 0. The molecule has 0 saturated carbocycles. The average Bonchev–Trinajstić information content (AvgIpc) is 1.98. The Labute approximate surface area is 67.4 Å². The Balaban J connectivity index is 4.19. The molecular formula is C6H5ClO4. The van der Waals surface area contributed by atoms with E-state index in [4.69, 9.17) is 21.8 Å². The van der Waals surface area contributed by atoms with Gasteiger partial charge >= 0.3 is 5.97 Å². The summed E-state index contributed by atoms with van der Waals surface area (Å²) in [6, 6.07) is 0. The highest BCUT2D eigenvalue weighted by Gasteiger charge is 2.01. The lowest BCUT2D eigenvalue weighted by atomic mass is 10.3. The summed E-state index contributed by atoms with van der Waals surface area (Å²) in [4.78, 5) is 20.4. The molecule has 0 amide bonds. The number of aliphatic hydroxyl groups is 1. The predicted octanol–water partition coefficient (Wildman–Crippen LogP) is 0.835. The Morgan fingerprint density at radius 2 is 1.82 bits per heavy atom. The number of carboxylic acid groups (broad SMARTS) is 1. The molecule has 0 unspecified atom stereocenters. The third-order valence-corrected chi connectivity index (χ3v) is 1.01. The van der Waals surface area contributed by atoms with Gasteiger partial charge in [0.2, 0.25) is 5.78 Å². The Kier molecular flexibility index (Phi) is 3.98. The van der Waals surface area contributed by atoms with Crippen LogP contribution in [0.15, 0.2) is 23.4 Å². The van der Waals surface area contributed by atoms with Gasteiger partial charge in [-0.3, -0.25) is 4.79 Å². The molecule has 2 N–H and O–H groups in total. The quantitative estimate of drug-likeness (QED) is 0.494. The largest absolute Gasteiger partial charge is 0.514 e. The van der Waals surface area contributed by atoms with Crippen molar-refractivity contribution in [3.63, 3.8) is 0 Å². The van der Waals surface area contributed by atoms with Gasteiger partial charge in [-0.2, -0.15) is 0 Å². The van der Waals surface area contributed by atoms with E-state index < -0.39 is 16.8 Å². The van der Waals surface area contributed by atoms with Crippen molar-refractivity contribution in [2.45, 2.75) is 0 Å². The van der Waals surface area contributed by atoms with Crippen LogP contribution in [-0.2, 0) is 9.59 Å². The molecule has 0 aromatic carbocycles. The maximum absolute atomic E-state index is 10.6. The molecule has 0 aliphatic carbocycles. The molecule has 11 heavy (non-hydrogen) atoms. The smallest absolute Gasteiger partial charge is 0.328 e. The maximum Gasteiger partial charge on any atom is 0.328 e. The van der Waals surface area contributed by atoms with Crippen LogP contribution in [0.3, 0.4) is 0 Å². The number of rotatable bonds is 3. The highest BCUT2D eigenvalue weighted by Crippen LogP contribution is 2.01. The molecule has 0 heterocycles. The fourth-order valence-corrected chi connectivity index (χ4v) is 0.353. The van der Waals surface area contributed by atoms with E-state index in [0.29, 0.717) is 12.3 Å². The fraction of sp³-hybridized carbons (Fsp3) is 0. The molecule has 0 aliphatic rings. The number of carbonyl (C=O) groups excluding carboxylic acids is 1. The van der Waals surface area contributed by atoms with E-state index in [9.17, 15) is 9.59 Å². The number of aliphatic hydroxyl groups excluding tert-OH is 1. The van der Waals surface area contributed by atoms with E-state index in [-0.39, 0.29) is 0 Å². The number of hydrogen-bond acceptors (Lipinski definition) is 3. The van der Waals surface area contributed by atoms with Crippen LogP contribution in [0.25, 0.3) is 0 Å². The van der Waals surface area contributed by atoms with E-state index in [1.54, 1.807) is 0 Å². The topological polar surface area (TPSA) is 74.6 Å². The van der Waals surface area contributed by atoms with E-state index in [0.717, 1.165) is 6.08 Å². The van der Waals surface area contributed by atoms with Gasteiger partial charge in [0.25, 0.3) is 0 Å². The van der Waals surface area contributed by atoms with E-state index in [1.165, 1.54) is 0 Å². The van der Waals surface area contributed by atoms with Crippen LogP contribution in [0.2, 0.25) is 0 Å². The van der Waals surface area contributed by atoms with E-state index in [1.807, 2.05) is 0 Å². The first-order chi connectivity index (χ1) is 5.07. The number of hydrogen-bond donors (Lipinski definition) is 2. The number of ketones is 1. The second kappa shape index (κ2) is 4.51. The molecular weight excluding hydrogens is 172 g/mol. The van der Waals surface area contributed by atoms with Crippen LogP contribution < -0.4 is 0 Å². The Morgan fingerprint density at radius 3 is 2.18 bits per heavy atom. The number of carbonyl (C=O) groups is 2. The summed E-state index contributed by atoms with van der Waals surface area (Å²) < 4.78 is 0. The first-order valence-electron chi connectivity index (χ1n) is 2.53. The SMILES string of the molecule is O=C(O)/C=C/C(=O)/C(Cl)=C\O. The average molecular weight is 177 g/mol. The van der Waals surface area contributed by atoms with Gasteiger partial charge in [-0.1, -0.05) is 11.6 Å². The molecule has 0 aromatic rings. The van der Waals surface area contributed by atoms with Gasteiger partial charge < -0.3 is 10.2 Å². The summed E-state index contributed by atoms with van der Waals surface area (Å²) >= 11 is 5.12. The Morgan fingerprint density at radius 1 is 1.27 bits per heavy atom. The highest BCUT2D eigenvalue weighted by molar-refractivity contribution is 6.44. The Bertz CT molecular complexity index is 229. The van der Waals surface area contributed by atoms with Crippen molar-refractivity contribution in [2.24, 2.45) is 0 Å². The zero-order valence-electron chi connectivity index (χ0n) is 5.32. The van der Waals surface area contributed by atoms with Gasteiger partial charge in [0.15, 0.2) is 0 Å². The molecule has 0 radical (unpaired) electrons. The number of allylic oxidation sites excluding steroid dienone is 2. The fourth-order valence-electron chi connectivity index (χ4n) is 0.290. The molecule has 0 aliphatic heterocycles. The van der Waals surface area contributed by atoms with E-state index in [2.05, 4.69) is 0 Å². The summed E-state index contributed by atoms with van der Waals surface area (Å²) in [7, 11) is 0. The first-order valence-corrected chi connectivity index (χ1v) is 2.91. The summed E-state index contributed by atoms with van der Waals surface area (Å²) in [6.45, 7) is 0. The molecule has 0 aromatic heterocycles. The van der Waals surface area contributed by atoms with Crippen LogP contribution >= 0.6 is 11.6 Å². The van der Waals surface area contributed by atoms with Crippen molar-refractivity contribution in [3.05, 3.63) is 23.4 Å². The second-order valence-corrected chi connectivity index (χ2v) is 1.92. The van der Waals surface area contributed by atoms with Crippen molar-refractivity contribution in [3.8, 4) is 0 Å². The van der Waals surface area contributed by atoms with Crippen LogP contribution in [0, 0.1) is 0 Å². The molecule has 0 saturated heterocycles. The lowest BCUT2D eigenvalue weighted by Crippen LogP contribution is -1.94. The molecule has 0 atom stereocenters. The minimum absolute atomic E-state index is 0.399. The number of halogens is 1. The standard InChI is InChI=1S/C6H5ClO4/c7-4(3-8)5(9)1-2-6(10)11/h1-3,8H,(H,10,11)/b2-1+,4-3+. The van der Waals surface area contributed by atoms with Crippen LogP contribution in [0.5, 0.6) is 0 Å². The van der Waals surface area contributed by atoms with Crippen molar-refractivity contribution in [1.82, 2.24) is 0 Å². The van der Waals surface area contributed by atoms with Gasteiger partial charge in [0.05, 0.1) is 0 Å². The monoisotopic (exact) mass is 176 g/mol. The minimum Gasteiger partial charge on any atom is -0.514 e. The summed E-state index contributed by atoms with van der Waals surface area (Å²) in [6.07, 6.45) is 1.78. The second-order valence-electron chi connectivity index (χ2n) is 1.51. The zero-order valence-corrected chi connectivity index (χ0v) is 6.08. The molecule has 5 heteroatoms. The third-order valence-electron chi connectivity index (χ3n) is 0.726. The third kappa shape index (κ3) is 4.16. The van der Waals surface area contributed by atoms with Crippen LogP contribution in [0.1, 0.15) is 0 Å². The Hall–Kier alpha value is -1.29. The molecule has 60 valence electrons. The van der Waals surface area contributed by atoms with Crippen molar-refractivity contribution in [2.75, 3.05) is 0 Å². The van der Waals surface area contributed by atoms with Crippen molar-refractivity contribution >= 4 is 23.4 Å². The zero-order chi connectivity index (χ0) is 8.85. The van der Waals surface area contributed by atoms with Gasteiger partial charge in [-0.05, 0) is 6.08 Å². The van der Waals surface area contributed by atoms with Gasteiger partial charge in [-0.15, -0.1) is 0 Å². The van der Waals surface area contributed by atoms with Gasteiger partial charge in [0, 0.05) is 6.08 Å². The molecule has 0 rings (SSSR count). The van der Waals surface area contributed by atoms with Crippen molar-refractivity contribution in [1.29, 1.82) is 0 Å². The summed E-state index contributed by atoms with van der Waals surface area (Å²) in [5.74, 6) is -2.00. The molecule has 0 bridgehead atoms.